The van der Waals surface area contributed by atoms with Crippen molar-refractivity contribution in [3.63, 3.8) is 0 Å². The topological polar surface area (TPSA) is 28.2 Å². The first kappa shape index (κ1) is 14.5. The van der Waals surface area contributed by atoms with E-state index in [1.807, 2.05) is 12.3 Å². The number of terminal acetylenes is 1. The van der Waals surface area contributed by atoms with Gasteiger partial charge >= 0.3 is 0 Å². The average molecular weight is 245 g/mol. The lowest BCUT2D eigenvalue weighted by molar-refractivity contribution is 0.664. The highest BCUT2D eigenvalue weighted by Crippen LogP contribution is 2.14. The van der Waals surface area contributed by atoms with Gasteiger partial charge in [0.25, 0.3) is 0 Å². The molecule has 1 rings (SSSR count). The van der Waals surface area contributed by atoms with Gasteiger partial charge in [0.2, 0.25) is 0 Å². The van der Waals surface area contributed by atoms with Gasteiger partial charge in [-0.3, -0.25) is 4.98 Å². The number of anilines is 1. The van der Waals surface area contributed by atoms with Crippen LogP contribution in [0, 0.1) is 12.3 Å². The van der Waals surface area contributed by atoms with Gasteiger partial charge < -0.3 is 10.2 Å². The third-order valence-corrected chi connectivity index (χ3v) is 2.67. The molecule has 1 N–H and O–H groups in total. The fourth-order valence-electron chi connectivity index (χ4n) is 1.83. The van der Waals surface area contributed by atoms with Gasteiger partial charge in [0.15, 0.2) is 0 Å². The van der Waals surface area contributed by atoms with E-state index in [2.05, 4.69) is 41.0 Å². The summed E-state index contributed by atoms with van der Waals surface area (Å²) in [5.74, 6) is 2.71. The van der Waals surface area contributed by atoms with Crippen LogP contribution >= 0.6 is 0 Å². The van der Waals surface area contributed by atoms with Gasteiger partial charge in [-0.1, -0.05) is 19.8 Å². The fourth-order valence-corrected chi connectivity index (χ4v) is 1.83. The number of nitrogens with zero attached hydrogens (tertiary/aromatic N) is 2. The zero-order chi connectivity index (χ0) is 13.2. The van der Waals surface area contributed by atoms with Crippen LogP contribution in [0.1, 0.15) is 32.4 Å². The van der Waals surface area contributed by atoms with E-state index in [9.17, 15) is 0 Å². The highest BCUT2D eigenvalue weighted by atomic mass is 15.1. The van der Waals surface area contributed by atoms with E-state index in [0.717, 1.165) is 43.9 Å². The average Bonchev–Trinajstić information content (AvgIpc) is 2.39. The van der Waals surface area contributed by atoms with Crippen molar-refractivity contribution in [1.29, 1.82) is 0 Å². The van der Waals surface area contributed by atoms with Crippen LogP contribution in [0.4, 0.5) is 5.69 Å². The standard InChI is InChI=1S/C15H23N3/c1-4-8-16-13-14-12-15(7-9-17-14)18(10-5-2)11-6-3/h2,7,9,12,16H,4,6,8,10-11,13H2,1,3H3. The molecule has 3 nitrogen and oxygen atoms in total. The molecule has 0 aliphatic heterocycles. The number of hydrogen-bond donors (Lipinski definition) is 1. The molecule has 18 heavy (non-hydrogen) atoms. The van der Waals surface area contributed by atoms with Crippen LogP contribution in [0.5, 0.6) is 0 Å². The minimum absolute atomic E-state index is 0.652. The monoisotopic (exact) mass is 245 g/mol. The first-order valence-electron chi connectivity index (χ1n) is 6.65. The molecule has 3 heteroatoms. The predicted octanol–water partition coefficient (Wildman–Crippen LogP) is 2.43. The molecule has 98 valence electrons. The third-order valence-electron chi connectivity index (χ3n) is 2.67. The summed E-state index contributed by atoms with van der Waals surface area (Å²) in [5, 5.41) is 3.36. The normalized spacial score (nSPS) is 10.1. The maximum atomic E-state index is 5.41. The molecule has 1 aromatic heterocycles. The Balaban J connectivity index is 2.69. The first-order chi connectivity index (χ1) is 8.81. The number of aromatic nitrogens is 1. The summed E-state index contributed by atoms with van der Waals surface area (Å²) in [6, 6.07) is 4.14. The molecule has 0 aliphatic carbocycles. The number of rotatable bonds is 8. The van der Waals surface area contributed by atoms with Crippen molar-refractivity contribution in [2.45, 2.75) is 33.2 Å². The van der Waals surface area contributed by atoms with Crippen LogP contribution < -0.4 is 10.2 Å². The number of hydrogen-bond acceptors (Lipinski definition) is 3. The Hall–Kier alpha value is -1.53. The zero-order valence-electron chi connectivity index (χ0n) is 11.4. The fraction of sp³-hybridized carbons (Fsp3) is 0.533. The molecular weight excluding hydrogens is 222 g/mol. The van der Waals surface area contributed by atoms with Crippen molar-refractivity contribution >= 4 is 5.69 Å². The van der Waals surface area contributed by atoms with Crippen LogP contribution in [-0.2, 0) is 6.54 Å². The Labute approximate surface area is 111 Å². The molecule has 0 fully saturated rings. The molecule has 0 spiro atoms. The lowest BCUT2D eigenvalue weighted by Gasteiger charge is -2.22. The number of nitrogens with one attached hydrogen (secondary N) is 1. The Morgan fingerprint density at radius 3 is 2.89 bits per heavy atom. The van der Waals surface area contributed by atoms with Gasteiger partial charge in [0, 0.05) is 25.0 Å². The second kappa shape index (κ2) is 8.54. The summed E-state index contributed by atoms with van der Waals surface area (Å²) in [6.07, 6.45) is 9.50. The maximum absolute atomic E-state index is 5.41. The predicted molar refractivity (Wildman–Crippen MR) is 77.6 cm³/mol. The van der Waals surface area contributed by atoms with Crippen LogP contribution in [0.3, 0.4) is 0 Å². The van der Waals surface area contributed by atoms with Crippen molar-refractivity contribution < 1.29 is 0 Å². The zero-order valence-corrected chi connectivity index (χ0v) is 11.4. The minimum Gasteiger partial charge on any atom is -0.360 e. The Bertz CT molecular complexity index is 382. The quantitative estimate of drug-likeness (QED) is 0.563. The minimum atomic E-state index is 0.652. The van der Waals surface area contributed by atoms with Crippen LogP contribution in [0.15, 0.2) is 18.3 Å². The van der Waals surface area contributed by atoms with Gasteiger partial charge in [0.05, 0.1) is 12.2 Å². The van der Waals surface area contributed by atoms with E-state index in [4.69, 9.17) is 6.42 Å². The maximum Gasteiger partial charge on any atom is 0.0791 e. The van der Waals surface area contributed by atoms with E-state index in [1.165, 1.54) is 0 Å². The van der Waals surface area contributed by atoms with Gasteiger partial charge in [-0.2, -0.15) is 0 Å². The van der Waals surface area contributed by atoms with Gasteiger partial charge in [0.1, 0.15) is 0 Å². The van der Waals surface area contributed by atoms with Crippen LogP contribution in [0.2, 0.25) is 0 Å². The summed E-state index contributed by atoms with van der Waals surface area (Å²) < 4.78 is 0. The smallest absolute Gasteiger partial charge is 0.0791 e. The SMILES string of the molecule is C#CCN(CCC)c1ccnc(CNCCC)c1. The molecule has 0 radical (unpaired) electrons. The van der Waals surface area contributed by atoms with Gasteiger partial charge in [-0.15, -0.1) is 6.42 Å². The summed E-state index contributed by atoms with van der Waals surface area (Å²) >= 11 is 0. The van der Waals surface area contributed by atoms with E-state index in [1.54, 1.807) is 0 Å². The highest BCUT2D eigenvalue weighted by molar-refractivity contribution is 5.47. The summed E-state index contributed by atoms with van der Waals surface area (Å²) in [5.41, 5.74) is 2.23. The molecule has 0 saturated carbocycles. The van der Waals surface area contributed by atoms with Gasteiger partial charge in [-0.25, -0.2) is 0 Å². The lowest BCUT2D eigenvalue weighted by atomic mass is 10.2. The van der Waals surface area contributed by atoms with E-state index >= 15 is 0 Å². The molecule has 1 aromatic rings. The number of pyridine rings is 1. The molecule has 0 amide bonds. The molecule has 1 heterocycles. The molecule has 0 aromatic carbocycles. The third kappa shape index (κ3) is 4.77. The van der Waals surface area contributed by atoms with E-state index in [-0.39, 0.29) is 0 Å². The van der Waals surface area contributed by atoms with Crippen LogP contribution in [-0.4, -0.2) is 24.6 Å². The first-order valence-corrected chi connectivity index (χ1v) is 6.65. The Kier molecular flexibility index (Phi) is 6.90. The Morgan fingerprint density at radius 2 is 2.22 bits per heavy atom. The lowest BCUT2D eigenvalue weighted by Crippen LogP contribution is -2.24. The Morgan fingerprint density at radius 1 is 1.39 bits per heavy atom. The highest BCUT2D eigenvalue weighted by Gasteiger charge is 2.05. The second-order valence-electron chi connectivity index (χ2n) is 4.31. The van der Waals surface area contributed by atoms with Gasteiger partial charge in [-0.05, 0) is 31.5 Å². The summed E-state index contributed by atoms with van der Waals surface area (Å²) in [6.45, 7) is 7.80. The molecule has 0 saturated heterocycles. The largest absolute Gasteiger partial charge is 0.360 e. The van der Waals surface area contributed by atoms with Crippen molar-refractivity contribution in [2.24, 2.45) is 0 Å². The molecular formula is C15H23N3. The summed E-state index contributed by atoms with van der Waals surface area (Å²) in [7, 11) is 0. The van der Waals surface area contributed by atoms with Crippen LogP contribution in [0.25, 0.3) is 0 Å². The van der Waals surface area contributed by atoms with Crippen molar-refractivity contribution in [3.8, 4) is 12.3 Å². The molecule has 0 bridgehead atoms. The second-order valence-corrected chi connectivity index (χ2v) is 4.31. The molecule has 0 atom stereocenters. The van der Waals surface area contributed by atoms with Crippen molar-refractivity contribution in [2.75, 3.05) is 24.5 Å². The van der Waals surface area contributed by atoms with Crippen molar-refractivity contribution in [1.82, 2.24) is 10.3 Å². The summed E-state index contributed by atoms with van der Waals surface area (Å²) in [4.78, 5) is 6.59. The van der Waals surface area contributed by atoms with E-state index in [0.29, 0.717) is 6.54 Å². The molecule has 0 unspecified atom stereocenters. The van der Waals surface area contributed by atoms with E-state index < -0.39 is 0 Å². The van der Waals surface area contributed by atoms with Crippen molar-refractivity contribution in [3.05, 3.63) is 24.0 Å². The molecule has 0 aliphatic rings.